The summed E-state index contributed by atoms with van der Waals surface area (Å²) in [6.45, 7) is 5.66. The molecule has 2 aromatic rings. The number of nitrogens with zero attached hydrogens (tertiary/aromatic N) is 1. The molecule has 20 heavy (non-hydrogen) atoms. The van der Waals surface area contributed by atoms with Crippen molar-refractivity contribution in [2.24, 2.45) is 5.73 Å². The zero-order valence-corrected chi connectivity index (χ0v) is 13.0. The molecular weight excluding hydrogens is 268 g/mol. The van der Waals surface area contributed by atoms with Crippen molar-refractivity contribution in [3.63, 3.8) is 0 Å². The van der Waals surface area contributed by atoms with Crippen LogP contribution in [0, 0.1) is 0 Å². The Balaban J connectivity index is 2.23. The molecule has 0 aliphatic carbocycles. The molecule has 3 nitrogen and oxygen atoms in total. The third-order valence-electron chi connectivity index (χ3n) is 3.02. The third kappa shape index (κ3) is 3.58. The maximum atomic E-state index is 5.70. The van der Waals surface area contributed by atoms with Crippen LogP contribution in [0.5, 0.6) is 5.75 Å². The lowest BCUT2D eigenvalue weighted by molar-refractivity contribution is 0.317. The molecule has 108 valence electrons. The van der Waals surface area contributed by atoms with Crippen molar-refractivity contribution in [1.82, 2.24) is 4.98 Å². The minimum Gasteiger partial charge on any atom is -0.494 e. The van der Waals surface area contributed by atoms with E-state index in [4.69, 9.17) is 15.5 Å². The summed E-state index contributed by atoms with van der Waals surface area (Å²) >= 11 is 1.77. The van der Waals surface area contributed by atoms with Gasteiger partial charge in [-0.3, -0.25) is 0 Å². The van der Waals surface area contributed by atoms with Gasteiger partial charge >= 0.3 is 0 Å². The van der Waals surface area contributed by atoms with E-state index in [-0.39, 0.29) is 0 Å². The maximum Gasteiger partial charge on any atom is 0.119 e. The van der Waals surface area contributed by atoms with E-state index in [1.807, 2.05) is 12.1 Å². The molecule has 0 atom stereocenters. The quantitative estimate of drug-likeness (QED) is 0.846. The van der Waals surface area contributed by atoms with Crippen molar-refractivity contribution >= 4 is 11.3 Å². The number of aryl methyl sites for hydroxylation is 1. The molecule has 4 heteroatoms. The lowest BCUT2D eigenvalue weighted by Gasteiger charge is -2.06. The predicted molar refractivity (Wildman–Crippen MR) is 85.5 cm³/mol. The molecular formula is C16H22N2OS. The second-order valence-electron chi connectivity index (χ2n) is 4.64. The smallest absolute Gasteiger partial charge is 0.119 e. The number of nitrogens with two attached hydrogens (primary N) is 1. The van der Waals surface area contributed by atoms with Gasteiger partial charge in [0.25, 0.3) is 0 Å². The zero-order valence-electron chi connectivity index (χ0n) is 12.2. The second kappa shape index (κ2) is 7.41. The van der Waals surface area contributed by atoms with Crippen molar-refractivity contribution in [1.29, 1.82) is 0 Å². The van der Waals surface area contributed by atoms with Crippen LogP contribution in [0.1, 0.15) is 30.2 Å². The third-order valence-corrected chi connectivity index (χ3v) is 4.28. The molecule has 1 heterocycles. The molecule has 2 N–H and O–H groups in total. The highest BCUT2D eigenvalue weighted by molar-refractivity contribution is 7.12. The van der Waals surface area contributed by atoms with Crippen molar-refractivity contribution in [2.75, 3.05) is 13.2 Å². The number of benzene rings is 1. The van der Waals surface area contributed by atoms with Gasteiger partial charge in [-0.05, 0) is 50.1 Å². The highest BCUT2D eigenvalue weighted by Gasteiger charge is 2.11. The van der Waals surface area contributed by atoms with Gasteiger partial charge in [-0.1, -0.05) is 13.8 Å². The Morgan fingerprint density at radius 1 is 1.20 bits per heavy atom. The second-order valence-corrected chi connectivity index (χ2v) is 5.81. The van der Waals surface area contributed by atoms with E-state index in [1.54, 1.807) is 11.3 Å². The van der Waals surface area contributed by atoms with E-state index in [1.165, 1.54) is 9.88 Å². The standard InChI is InChI=1S/C16H22N2OS/c1-3-11-19-13-7-5-12(6-8-13)16-14(9-10-17)20-15(4-2)18-16/h5-8H,3-4,9-11,17H2,1-2H3. The van der Waals surface area contributed by atoms with Gasteiger partial charge < -0.3 is 10.5 Å². The van der Waals surface area contributed by atoms with Crippen LogP contribution < -0.4 is 10.5 Å². The molecule has 0 aliphatic rings. The van der Waals surface area contributed by atoms with Gasteiger partial charge in [0, 0.05) is 10.4 Å². The molecule has 0 saturated carbocycles. The number of thiazole rings is 1. The Kier molecular flexibility index (Phi) is 5.56. The fourth-order valence-corrected chi connectivity index (χ4v) is 3.05. The Morgan fingerprint density at radius 3 is 2.55 bits per heavy atom. The Bertz CT molecular complexity index is 534. The normalized spacial score (nSPS) is 10.8. The minimum atomic E-state index is 0.663. The first kappa shape index (κ1) is 15.0. The molecule has 1 aromatic heterocycles. The van der Waals surface area contributed by atoms with Crippen LogP contribution in [0.3, 0.4) is 0 Å². The fourth-order valence-electron chi connectivity index (χ4n) is 2.01. The van der Waals surface area contributed by atoms with Crippen molar-refractivity contribution in [3.05, 3.63) is 34.2 Å². The number of hydrogen-bond donors (Lipinski definition) is 1. The molecule has 0 saturated heterocycles. The van der Waals surface area contributed by atoms with Gasteiger partial charge in [0.2, 0.25) is 0 Å². The molecule has 0 radical (unpaired) electrons. The first-order valence-electron chi connectivity index (χ1n) is 7.20. The molecule has 2 rings (SSSR count). The van der Waals surface area contributed by atoms with Crippen LogP contribution in [-0.4, -0.2) is 18.1 Å². The first-order chi connectivity index (χ1) is 9.78. The number of rotatable bonds is 7. The van der Waals surface area contributed by atoms with Crippen molar-refractivity contribution in [3.8, 4) is 17.0 Å². The molecule has 0 amide bonds. The van der Waals surface area contributed by atoms with Crippen LogP contribution in [-0.2, 0) is 12.8 Å². The van der Waals surface area contributed by atoms with Crippen molar-refractivity contribution in [2.45, 2.75) is 33.1 Å². The first-order valence-corrected chi connectivity index (χ1v) is 8.02. The summed E-state index contributed by atoms with van der Waals surface area (Å²) < 4.78 is 5.61. The summed E-state index contributed by atoms with van der Waals surface area (Å²) in [5, 5.41) is 1.18. The monoisotopic (exact) mass is 290 g/mol. The van der Waals surface area contributed by atoms with E-state index in [0.29, 0.717) is 6.54 Å². The molecule has 1 aromatic carbocycles. The van der Waals surface area contributed by atoms with Crippen LogP contribution >= 0.6 is 11.3 Å². The molecule has 0 fully saturated rings. The maximum absolute atomic E-state index is 5.70. The Morgan fingerprint density at radius 2 is 1.95 bits per heavy atom. The Hall–Kier alpha value is -1.39. The SMILES string of the molecule is CCCOc1ccc(-c2nc(CC)sc2CCN)cc1. The van der Waals surface area contributed by atoms with E-state index in [0.717, 1.165) is 42.9 Å². The topological polar surface area (TPSA) is 48.1 Å². The fraction of sp³-hybridized carbons (Fsp3) is 0.438. The summed E-state index contributed by atoms with van der Waals surface area (Å²) in [6, 6.07) is 8.20. The highest BCUT2D eigenvalue weighted by Crippen LogP contribution is 2.30. The van der Waals surface area contributed by atoms with Gasteiger partial charge in [0.15, 0.2) is 0 Å². The molecule has 0 bridgehead atoms. The summed E-state index contributed by atoms with van der Waals surface area (Å²) in [5.74, 6) is 0.918. The van der Waals surface area contributed by atoms with Gasteiger partial charge in [0.05, 0.1) is 17.3 Å². The van der Waals surface area contributed by atoms with E-state index in [9.17, 15) is 0 Å². The highest BCUT2D eigenvalue weighted by atomic mass is 32.1. The van der Waals surface area contributed by atoms with E-state index in [2.05, 4.69) is 26.0 Å². The minimum absolute atomic E-state index is 0.663. The number of aromatic nitrogens is 1. The van der Waals surface area contributed by atoms with Gasteiger partial charge in [-0.2, -0.15) is 0 Å². The van der Waals surface area contributed by atoms with Crippen LogP contribution in [0.25, 0.3) is 11.3 Å². The lowest BCUT2D eigenvalue weighted by Crippen LogP contribution is -2.02. The summed E-state index contributed by atoms with van der Waals surface area (Å²) in [7, 11) is 0. The number of ether oxygens (including phenoxy) is 1. The van der Waals surface area contributed by atoms with E-state index >= 15 is 0 Å². The van der Waals surface area contributed by atoms with E-state index < -0.39 is 0 Å². The van der Waals surface area contributed by atoms with Gasteiger partial charge in [0.1, 0.15) is 5.75 Å². The largest absolute Gasteiger partial charge is 0.494 e. The molecule has 0 unspecified atom stereocenters. The van der Waals surface area contributed by atoms with Crippen LogP contribution in [0.2, 0.25) is 0 Å². The van der Waals surface area contributed by atoms with Crippen molar-refractivity contribution < 1.29 is 4.74 Å². The van der Waals surface area contributed by atoms with Crippen LogP contribution in [0.4, 0.5) is 0 Å². The zero-order chi connectivity index (χ0) is 14.4. The average Bonchev–Trinajstić information content (AvgIpc) is 2.89. The summed E-state index contributed by atoms with van der Waals surface area (Å²) in [5.41, 5.74) is 7.93. The summed E-state index contributed by atoms with van der Waals surface area (Å²) in [6.07, 6.45) is 2.88. The average molecular weight is 290 g/mol. The molecule has 0 spiro atoms. The lowest BCUT2D eigenvalue weighted by atomic mass is 10.1. The molecule has 0 aliphatic heterocycles. The van der Waals surface area contributed by atoms with Gasteiger partial charge in [-0.15, -0.1) is 11.3 Å². The van der Waals surface area contributed by atoms with Gasteiger partial charge in [-0.25, -0.2) is 4.98 Å². The summed E-state index contributed by atoms with van der Waals surface area (Å²) in [4.78, 5) is 6.02. The predicted octanol–water partition coefficient (Wildman–Crippen LogP) is 3.66. The number of hydrogen-bond acceptors (Lipinski definition) is 4. The Labute approximate surface area is 124 Å². The van der Waals surface area contributed by atoms with Crippen LogP contribution in [0.15, 0.2) is 24.3 Å².